The van der Waals surface area contributed by atoms with Gasteiger partial charge in [0.15, 0.2) is 0 Å². The van der Waals surface area contributed by atoms with Crippen molar-refractivity contribution in [1.82, 2.24) is 0 Å². The summed E-state index contributed by atoms with van der Waals surface area (Å²) in [5, 5.41) is 27.1. The van der Waals surface area contributed by atoms with Gasteiger partial charge >= 0.3 is 12.4 Å². The summed E-state index contributed by atoms with van der Waals surface area (Å²) in [6, 6.07) is 0. The zero-order valence-electron chi connectivity index (χ0n) is 16.2. The van der Waals surface area contributed by atoms with E-state index >= 15 is 0 Å². The highest BCUT2D eigenvalue weighted by atomic mass is 19.3. The largest absolute Gasteiger partial charge is 0.477 e. The summed E-state index contributed by atoms with van der Waals surface area (Å²) in [6.07, 6.45) is 13.0. The predicted octanol–water partition coefficient (Wildman–Crippen LogP) is 5.22. The van der Waals surface area contributed by atoms with Crippen LogP contribution in [0, 0.1) is 17.8 Å². The Morgan fingerprint density at radius 1 is 1.15 bits per heavy atom. The van der Waals surface area contributed by atoms with E-state index in [-0.39, 0.29) is 18.8 Å². The monoisotopic (exact) mass is 387 g/mol. The van der Waals surface area contributed by atoms with E-state index in [1.165, 1.54) is 6.42 Å². The van der Waals surface area contributed by atoms with Crippen molar-refractivity contribution in [3.63, 3.8) is 0 Å². The first-order chi connectivity index (χ1) is 12.8. The number of aliphatic carboxylic acids is 1. The summed E-state index contributed by atoms with van der Waals surface area (Å²) in [5.41, 5.74) is -1.16. The maximum absolute atomic E-state index is 13.8. The topological polar surface area (TPSA) is 77.8 Å². The van der Waals surface area contributed by atoms with Gasteiger partial charge in [-0.2, -0.15) is 8.78 Å². The zero-order valence-corrected chi connectivity index (χ0v) is 16.2. The first-order valence-corrected chi connectivity index (χ1v) is 9.95. The molecule has 0 bridgehead atoms. The van der Waals surface area contributed by atoms with Crippen LogP contribution in [0.1, 0.15) is 77.6 Å². The predicted molar refractivity (Wildman–Crippen MR) is 101 cm³/mol. The Kier molecular flexibility index (Phi) is 10.2. The van der Waals surface area contributed by atoms with Crippen LogP contribution in [-0.4, -0.2) is 27.1 Å². The lowest BCUT2D eigenvalue weighted by Gasteiger charge is -2.30. The van der Waals surface area contributed by atoms with E-state index < -0.39 is 23.6 Å². The quantitative estimate of drug-likeness (QED) is 0.230. The second-order valence-electron chi connectivity index (χ2n) is 7.51. The Labute approximate surface area is 161 Å². The van der Waals surface area contributed by atoms with Gasteiger partial charge in [0, 0.05) is 6.42 Å². The minimum absolute atomic E-state index is 0.161. The molecule has 0 aliphatic heterocycles. The van der Waals surface area contributed by atoms with Crippen LogP contribution in [0.3, 0.4) is 0 Å². The van der Waals surface area contributed by atoms with Gasteiger partial charge in [0.2, 0.25) is 0 Å². The van der Waals surface area contributed by atoms with E-state index in [4.69, 9.17) is 5.11 Å². The standard InChI is InChI=1S/C21H33F2O4/c1-2-3-4-5-6-9-14-20(18(22)23)15-11-13-17(20)12-8-7-10-16-21(26,27)19(24)25/h7-9,14,17,26-27H,2-6,10-13,15-16H2,1H3,(H,24,25)/t17-,20-/m1/s1. The molecule has 0 unspecified atom stereocenters. The van der Waals surface area contributed by atoms with Gasteiger partial charge in [-0.3, -0.25) is 0 Å². The van der Waals surface area contributed by atoms with E-state index in [9.17, 15) is 23.8 Å². The molecule has 1 aliphatic rings. The third-order valence-corrected chi connectivity index (χ3v) is 5.45. The van der Waals surface area contributed by atoms with Crippen LogP contribution < -0.4 is 0 Å². The Morgan fingerprint density at radius 3 is 2.52 bits per heavy atom. The van der Waals surface area contributed by atoms with E-state index in [0.717, 1.165) is 38.5 Å². The molecule has 1 rings (SSSR count). The summed E-state index contributed by atoms with van der Waals surface area (Å²) in [4.78, 5) is 10.6. The molecule has 0 spiro atoms. The minimum atomic E-state index is -2.75. The molecular weight excluding hydrogens is 354 g/mol. The summed E-state index contributed by atoms with van der Waals surface area (Å²) < 4.78 is 27.6. The van der Waals surface area contributed by atoms with E-state index in [1.54, 1.807) is 18.2 Å². The molecule has 0 aromatic heterocycles. The second-order valence-corrected chi connectivity index (χ2v) is 7.51. The van der Waals surface area contributed by atoms with E-state index in [2.05, 4.69) is 6.92 Å². The van der Waals surface area contributed by atoms with Crippen molar-refractivity contribution in [2.24, 2.45) is 11.3 Å². The Hall–Kier alpha value is -1.27. The van der Waals surface area contributed by atoms with Gasteiger partial charge in [-0.25, -0.2) is 4.79 Å². The Bertz CT molecular complexity index is 502. The van der Waals surface area contributed by atoms with Crippen molar-refractivity contribution in [2.45, 2.75) is 83.3 Å². The molecule has 0 aromatic rings. The molecule has 27 heavy (non-hydrogen) atoms. The van der Waals surface area contributed by atoms with Gasteiger partial charge < -0.3 is 15.3 Å². The fraction of sp³-hybridized carbons (Fsp3) is 0.714. The molecule has 0 aromatic carbocycles. The van der Waals surface area contributed by atoms with Crippen LogP contribution in [0.25, 0.3) is 0 Å². The molecule has 0 saturated heterocycles. The number of unbranched alkanes of at least 4 members (excludes halogenated alkanes) is 4. The molecule has 2 atom stereocenters. The van der Waals surface area contributed by atoms with Crippen LogP contribution in [-0.2, 0) is 4.79 Å². The smallest absolute Gasteiger partial charge is 0.364 e. The molecule has 0 amide bonds. The molecule has 155 valence electrons. The lowest BCUT2D eigenvalue weighted by Crippen LogP contribution is -2.37. The van der Waals surface area contributed by atoms with Crippen molar-refractivity contribution in [1.29, 1.82) is 0 Å². The average molecular weight is 387 g/mol. The molecule has 0 heterocycles. The fourth-order valence-electron chi connectivity index (χ4n) is 3.71. The van der Waals surface area contributed by atoms with Crippen LogP contribution in [0.15, 0.2) is 24.3 Å². The normalized spacial score (nSPS) is 23.9. The maximum Gasteiger partial charge on any atom is 0.364 e. The van der Waals surface area contributed by atoms with Crippen molar-refractivity contribution in [3.8, 4) is 0 Å². The van der Waals surface area contributed by atoms with E-state index in [1.807, 2.05) is 6.08 Å². The Balaban J connectivity index is 2.57. The number of aliphatic hydroxyl groups is 2. The van der Waals surface area contributed by atoms with Gasteiger partial charge in [0.1, 0.15) is 0 Å². The molecule has 3 N–H and O–H groups in total. The minimum Gasteiger partial charge on any atom is -0.477 e. The number of hydrogen-bond donors (Lipinski definition) is 3. The van der Waals surface area contributed by atoms with Gasteiger partial charge in [-0.15, -0.1) is 0 Å². The van der Waals surface area contributed by atoms with Crippen LogP contribution in [0.5, 0.6) is 0 Å². The molecular formula is C21H33F2O4. The van der Waals surface area contributed by atoms with Gasteiger partial charge in [-0.05, 0) is 44.4 Å². The molecule has 4 nitrogen and oxygen atoms in total. The van der Waals surface area contributed by atoms with Crippen molar-refractivity contribution < 1.29 is 28.9 Å². The first-order valence-electron chi connectivity index (χ1n) is 9.95. The molecule has 1 saturated carbocycles. The number of rotatable bonds is 13. The van der Waals surface area contributed by atoms with Crippen LogP contribution >= 0.6 is 0 Å². The summed E-state index contributed by atoms with van der Waals surface area (Å²) in [7, 11) is 0. The molecule has 6 heteroatoms. The first kappa shape index (κ1) is 23.8. The van der Waals surface area contributed by atoms with Gasteiger partial charge in [-0.1, -0.05) is 56.9 Å². The lowest BCUT2D eigenvalue weighted by atomic mass is 9.76. The number of carboxylic acid groups (broad SMARTS) is 1. The van der Waals surface area contributed by atoms with Gasteiger partial charge in [0.05, 0.1) is 5.41 Å². The number of halogens is 2. The Morgan fingerprint density at radius 2 is 1.89 bits per heavy atom. The van der Waals surface area contributed by atoms with Crippen molar-refractivity contribution in [2.75, 3.05) is 0 Å². The molecule has 1 aliphatic carbocycles. The highest BCUT2D eigenvalue weighted by molar-refractivity contribution is 5.74. The highest BCUT2D eigenvalue weighted by Gasteiger charge is 2.48. The summed E-state index contributed by atoms with van der Waals surface area (Å²) >= 11 is 0. The maximum atomic E-state index is 13.8. The summed E-state index contributed by atoms with van der Waals surface area (Å²) in [6.45, 7) is 2.14. The highest BCUT2D eigenvalue weighted by Crippen LogP contribution is 2.53. The second kappa shape index (κ2) is 11.5. The SMILES string of the molecule is CCCCCCC=C[C@@]1([C](F)F)CCC[C@H]1CC=CCCC(O)(O)C(=O)O. The average Bonchev–Trinajstić information content (AvgIpc) is 3.01. The van der Waals surface area contributed by atoms with Crippen molar-refractivity contribution in [3.05, 3.63) is 30.7 Å². The molecule has 1 fully saturated rings. The summed E-state index contributed by atoms with van der Waals surface area (Å²) in [5.74, 6) is -4.62. The lowest BCUT2D eigenvalue weighted by molar-refractivity contribution is -0.205. The van der Waals surface area contributed by atoms with Crippen molar-refractivity contribution >= 4 is 5.97 Å². The fourth-order valence-corrected chi connectivity index (χ4v) is 3.71. The third-order valence-electron chi connectivity index (χ3n) is 5.45. The number of hydrogen-bond acceptors (Lipinski definition) is 3. The number of carboxylic acids is 1. The van der Waals surface area contributed by atoms with Crippen LogP contribution in [0.2, 0.25) is 0 Å². The van der Waals surface area contributed by atoms with Gasteiger partial charge in [0.25, 0.3) is 5.79 Å². The van der Waals surface area contributed by atoms with Crippen LogP contribution in [0.4, 0.5) is 8.78 Å². The zero-order chi connectivity index (χ0) is 20.3. The number of carbonyl (C=O) groups is 1. The third kappa shape index (κ3) is 7.34. The number of allylic oxidation sites excluding steroid dienone is 4. The van der Waals surface area contributed by atoms with E-state index in [0.29, 0.717) is 12.8 Å². The molecule has 1 radical (unpaired) electrons.